The molecular formula is C11H20O2. The highest BCUT2D eigenvalue weighted by Crippen LogP contribution is 2.57. The van der Waals surface area contributed by atoms with Crippen LogP contribution in [0.1, 0.15) is 47.5 Å². The molecule has 1 saturated carbocycles. The minimum Gasteiger partial charge on any atom is -0.389 e. The van der Waals surface area contributed by atoms with Crippen LogP contribution < -0.4 is 0 Å². The van der Waals surface area contributed by atoms with Crippen LogP contribution in [-0.2, 0) is 4.79 Å². The van der Waals surface area contributed by atoms with Crippen LogP contribution in [0, 0.1) is 10.8 Å². The SMILES string of the molecule is CC(C)(C)C(=O)C1(C(C)(C)O)CC1. The van der Waals surface area contributed by atoms with Crippen LogP contribution in [-0.4, -0.2) is 16.5 Å². The second kappa shape index (κ2) is 2.57. The van der Waals surface area contributed by atoms with E-state index in [0.717, 1.165) is 12.8 Å². The normalized spacial score (nSPS) is 21.4. The Morgan fingerprint density at radius 3 is 1.62 bits per heavy atom. The first-order valence-corrected chi connectivity index (χ1v) is 4.88. The predicted octanol–water partition coefficient (Wildman–Crippen LogP) is 2.15. The van der Waals surface area contributed by atoms with Crippen molar-refractivity contribution < 1.29 is 9.90 Å². The van der Waals surface area contributed by atoms with Gasteiger partial charge in [0, 0.05) is 5.41 Å². The maximum absolute atomic E-state index is 12.0. The maximum atomic E-state index is 12.0. The van der Waals surface area contributed by atoms with E-state index in [1.54, 1.807) is 13.8 Å². The van der Waals surface area contributed by atoms with E-state index < -0.39 is 11.0 Å². The molecule has 0 spiro atoms. The molecule has 2 nitrogen and oxygen atoms in total. The first kappa shape index (κ1) is 10.7. The summed E-state index contributed by atoms with van der Waals surface area (Å²) in [6, 6.07) is 0. The number of hydrogen-bond donors (Lipinski definition) is 1. The van der Waals surface area contributed by atoms with E-state index in [4.69, 9.17) is 0 Å². The van der Waals surface area contributed by atoms with E-state index in [9.17, 15) is 9.90 Å². The zero-order valence-electron chi connectivity index (χ0n) is 9.27. The minimum atomic E-state index is -0.864. The molecule has 76 valence electrons. The number of hydrogen-bond acceptors (Lipinski definition) is 2. The number of aliphatic hydroxyl groups is 1. The third-order valence-corrected chi connectivity index (χ3v) is 3.04. The van der Waals surface area contributed by atoms with Crippen LogP contribution in [0.2, 0.25) is 0 Å². The Labute approximate surface area is 80.3 Å². The monoisotopic (exact) mass is 184 g/mol. The van der Waals surface area contributed by atoms with Crippen molar-refractivity contribution in [2.75, 3.05) is 0 Å². The molecule has 1 N–H and O–H groups in total. The Morgan fingerprint density at radius 2 is 1.54 bits per heavy atom. The highest BCUT2D eigenvalue weighted by Gasteiger charge is 2.61. The van der Waals surface area contributed by atoms with Gasteiger partial charge in [-0.25, -0.2) is 0 Å². The molecule has 0 bridgehead atoms. The largest absolute Gasteiger partial charge is 0.389 e. The van der Waals surface area contributed by atoms with Crippen LogP contribution in [0.5, 0.6) is 0 Å². The summed E-state index contributed by atoms with van der Waals surface area (Å²) < 4.78 is 0. The van der Waals surface area contributed by atoms with Crippen LogP contribution in [0.25, 0.3) is 0 Å². The smallest absolute Gasteiger partial charge is 0.147 e. The molecular weight excluding hydrogens is 164 g/mol. The molecule has 2 heteroatoms. The lowest BCUT2D eigenvalue weighted by molar-refractivity contribution is -0.141. The molecule has 0 saturated heterocycles. The number of carbonyl (C=O) groups is 1. The van der Waals surface area contributed by atoms with Gasteiger partial charge in [-0.3, -0.25) is 4.79 Å². The fourth-order valence-corrected chi connectivity index (χ4v) is 1.96. The van der Waals surface area contributed by atoms with Crippen molar-refractivity contribution in [3.63, 3.8) is 0 Å². The minimum absolute atomic E-state index is 0.201. The van der Waals surface area contributed by atoms with Crippen molar-refractivity contribution in [1.29, 1.82) is 0 Å². The lowest BCUT2D eigenvalue weighted by Gasteiger charge is -2.33. The molecule has 0 amide bonds. The molecule has 0 atom stereocenters. The Hall–Kier alpha value is -0.370. The summed E-state index contributed by atoms with van der Waals surface area (Å²) in [5.41, 5.74) is -1.65. The van der Waals surface area contributed by atoms with E-state index in [2.05, 4.69) is 0 Å². The fourth-order valence-electron chi connectivity index (χ4n) is 1.96. The molecule has 1 aliphatic rings. The second-order valence-corrected chi connectivity index (χ2v) is 5.72. The van der Waals surface area contributed by atoms with E-state index in [0.29, 0.717) is 0 Å². The van der Waals surface area contributed by atoms with Crippen molar-refractivity contribution >= 4 is 5.78 Å². The van der Waals surface area contributed by atoms with Gasteiger partial charge in [0.2, 0.25) is 0 Å². The summed E-state index contributed by atoms with van der Waals surface area (Å²) in [5, 5.41) is 9.92. The third-order valence-electron chi connectivity index (χ3n) is 3.04. The Kier molecular flexibility index (Phi) is 2.11. The molecule has 0 aromatic carbocycles. The van der Waals surface area contributed by atoms with Crippen LogP contribution in [0.3, 0.4) is 0 Å². The van der Waals surface area contributed by atoms with Gasteiger partial charge >= 0.3 is 0 Å². The maximum Gasteiger partial charge on any atom is 0.147 e. The summed E-state index contributed by atoms with van der Waals surface area (Å²) in [7, 11) is 0. The number of ketones is 1. The fraction of sp³-hybridized carbons (Fsp3) is 0.909. The quantitative estimate of drug-likeness (QED) is 0.714. The van der Waals surface area contributed by atoms with E-state index in [-0.39, 0.29) is 11.2 Å². The van der Waals surface area contributed by atoms with Gasteiger partial charge in [0.05, 0.1) is 11.0 Å². The predicted molar refractivity (Wildman–Crippen MR) is 52.4 cm³/mol. The molecule has 0 heterocycles. The van der Waals surface area contributed by atoms with Crippen molar-refractivity contribution in [2.45, 2.75) is 53.1 Å². The molecule has 1 fully saturated rings. The summed E-state index contributed by atoms with van der Waals surface area (Å²) in [4.78, 5) is 12.0. The van der Waals surface area contributed by atoms with Crippen LogP contribution >= 0.6 is 0 Å². The van der Waals surface area contributed by atoms with Gasteiger partial charge in [-0.05, 0) is 26.7 Å². The highest BCUT2D eigenvalue weighted by molar-refractivity contribution is 5.92. The Morgan fingerprint density at radius 1 is 1.15 bits per heavy atom. The summed E-state index contributed by atoms with van der Waals surface area (Å²) >= 11 is 0. The molecule has 0 aliphatic heterocycles. The van der Waals surface area contributed by atoms with E-state index in [1.165, 1.54) is 0 Å². The zero-order valence-corrected chi connectivity index (χ0v) is 9.27. The van der Waals surface area contributed by atoms with Gasteiger partial charge in [0.1, 0.15) is 5.78 Å². The average Bonchev–Trinajstić information content (AvgIpc) is 2.60. The topological polar surface area (TPSA) is 37.3 Å². The van der Waals surface area contributed by atoms with Crippen molar-refractivity contribution in [3.8, 4) is 0 Å². The van der Waals surface area contributed by atoms with Crippen LogP contribution in [0.4, 0.5) is 0 Å². The number of rotatable bonds is 2. The Balaban J connectivity index is 2.91. The highest BCUT2D eigenvalue weighted by atomic mass is 16.3. The van der Waals surface area contributed by atoms with E-state index in [1.807, 2.05) is 20.8 Å². The van der Waals surface area contributed by atoms with Crippen molar-refractivity contribution in [2.24, 2.45) is 10.8 Å². The molecule has 0 aromatic heterocycles. The zero-order chi connectivity index (χ0) is 10.5. The first-order chi connectivity index (χ1) is 5.61. The van der Waals surface area contributed by atoms with E-state index >= 15 is 0 Å². The Bertz CT molecular complexity index is 223. The summed E-state index contributed by atoms with van der Waals surface area (Å²) in [5.74, 6) is 0.201. The molecule has 0 aromatic rings. The van der Waals surface area contributed by atoms with Gasteiger partial charge < -0.3 is 5.11 Å². The van der Waals surface area contributed by atoms with Gasteiger partial charge in [0.25, 0.3) is 0 Å². The number of Topliss-reactive ketones (excluding diaryl/α,β-unsaturated/α-hetero) is 1. The van der Waals surface area contributed by atoms with Crippen molar-refractivity contribution in [3.05, 3.63) is 0 Å². The molecule has 1 aliphatic carbocycles. The van der Waals surface area contributed by atoms with Gasteiger partial charge in [-0.15, -0.1) is 0 Å². The molecule has 13 heavy (non-hydrogen) atoms. The summed E-state index contributed by atoms with van der Waals surface area (Å²) in [6.07, 6.45) is 1.68. The lowest BCUT2D eigenvalue weighted by atomic mass is 9.73. The van der Waals surface area contributed by atoms with Gasteiger partial charge in [-0.2, -0.15) is 0 Å². The van der Waals surface area contributed by atoms with Crippen LogP contribution in [0.15, 0.2) is 0 Å². The summed E-state index contributed by atoms with van der Waals surface area (Å²) in [6.45, 7) is 9.23. The average molecular weight is 184 g/mol. The van der Waals surface area contributed by atoms with Crippen molar-refractivity contribution in [1.82, 2.24) is 0 Å². The standard InChI is InChI=1S/C11H20O2/c1-9(2,3)8(12)11(6-7-11)10(4,5)13/h13H,6-7H2,1-5H3. The second-order valence-electron chi connectivity index (χ2n) is 5.72. The molecule has 0 radical (unpaired) electrons. The number of carbonyl (C=O) groups excluding carboxylic acids is 1. The van der Waals surface area contributed by atoms with Gasteiger partial charge in [0.15, 0.2) is 0 Å². The van der Waals surface area contributed by atoms with Gasteiger partial charge in [-0.1, -0.05) is 20.8 Å². The molecule has 0 unspecified atom stereocenters. The molecule has 1 rings (SSSR count). The lowest BCUT2D eigenvalue weighted by Crippen LogP contribution is -2.43. The first-order valence-electron chi connectivity index (χ1n) is 4.88. The third kappa shape index (κ3) is 1.64.